The van der Waals surface area contributed by atoms with Gasteiger partial charge in [-0.25, -0.2) is 4.79 Å². The number of likely N-dealkylation sites (tertiary alicyclic amines) is 1. The molecule has 0 spiro atoms. The molecule has 0 aromatic heterocycles. The number of carboxylic acid groups (broad SMARTS) is 1. The third-order valence-electron chi connectivity index (χ3n) is 3.97. The molecule has 0 saturated carbocycles. The number of carboxylic acids is 1. The number of rotatable bonds is 4. The molecule has 2 rings (SSSR count). The second-order valence-corrected chi connectivity index (χ2v) is 5.54. The Labute approximate surface area is 124 Å². The molecule has 1 aliphatic rings. The highest BCUT2D eigenvalue weighted by molar-refractivity contribution is 5.77. The van der Waals surface area contributed by atoms with E-state index in [4.69, 9.17) is 4.74 Å². The van der Waals surface area contributed by atoms with Crippen LogP contribution < -0.4 is 4.74 Å². The van der Waals surface area contributed by atoms with Gasteiger partial charge in [-0.2, -0.15) is 0 Å². The van der Waals surface area contributed by atoms with Crippen molar-refractivity contribution in [1.29, 1.82) is 0 Å². The second-order valence-electron chi connectivity index (χ2n) is 5.54. The number of amides is 1. The van der Waals surface area contributed by atoms with Crippen molar-refractivity contribution in [2.45, 2.75) is 32.6 Å². The first-order chi connectivity index (χ1) is 10.1. The van der Waals surface area contributed by atoms with Gasteiger partial charge in [-0.15, -0.1) is 0 Å². The van der Waals surface area contributed by atoms with Crippen molar-refractivity contribution in [2.24, 2.45) is 5.41 Å². The van der Waals surface area contributed by atoms with Crippen LogP contribution in [0.5, 0.6) is 5.75 Å². The number of carbonyl (C=O) groups excluding carboxylic acids is 1. The molecule has 1 fully saturated rings. The fourth-order valence-corrected chi connectivity index (χ4v) is 2.91. The summed E-state index contributed by atoms with van der Waals surface area (Å²) in [5.41, 5.74) is -0.831. The number of hydrogen-bond donors (Lipinski definition) is 1. The average Bonchev–Trinajstić information content (AvgIpc) is 2.48. The first-order valence-corrected chi connectivity index (χ1v) is 7.32. The van der Waals surface area contributed by atoms with Crippen molar-refractivity contribution < 1.29 is 19.4 Å². The normalized spacial score (nSPS) is 21.9. The van der Waals surface area contributed by atoms with Crippen molar-refractivity contribution in [3.8, 4) is 5.75 Å². The molecule has 0 radical (unpaired) electrons. The van der Waals surface area contributed by atoms with Crippen LogP contribution in [0.3, 0.4) is 0 Å². The minimum atomic E-state index is -0.831. The van der Waals surface area contributed by atoms with Gasteiger partial charge in [0.25, 0.3) is 0 Å². The molecule has 1 amide bonds. The molecule has 114 valence electrons. The SMILES string of the molecule is CCCC1(C(=O)O)CCCN(C(=O)Oc2ccccc2)C1. The number of hydrogen-bond acceptors (Lipinski definition) is 3. The van der Waals surface area contributed by atoms with Gasteiger partial charge in [0.2, 0.25) is 0 Å². The molecule has 5 nitrogen and oxygen atoms in total. The minimum absolute atomic E-state index is 0.224. The first-order valence-electron chi connectivity index (χ1n) is 7.32. The van der Waals surface area contributed by atoms with E-state index < -0.39 is 17.5 Å². The van der Waals surface area contributed by atoms with Gasteiger partial charge in [-0.1, -0.05) is 31.5 Å². The van der Waals surface area contributed by atoms with Crippen LogP contribution in [0.25, 0.3) is 0 Å². The van der Waals surface area contributed by atoms with Crippen LogP contribution in [0.15, 0.2) is 30.3 Å². The van der Waals surface area contributed by atoms with Crippen molar-refractivity contribution in [3.63, 3.8) is 0 Å². The summed E-state index contributed by atoms with van der Waals surface area (Å²) in [7, 11) is 0. The molecule has 1 atom stereocenters. The zero-order chi connectivity index (χ0) is 15.3. The third kappa shape index (κ3) is 3.54. The van der Waals surface area contributed by atoms with Crippen LogP contribution in [0, 0.1) is 5.41 Å². The van der Waals surface area contributed by atoms with Gasteiger partial charge in [0, 0.05) is 13.1 Å². The Kier molecular flexibility index (Phi) is 4.83. The Hall–Kier alpha value is -2.04. The van der Waals surface area contributed by atoms with Gasteiger partial charge < -0.3 is 14.7 Å². The second kappa shape index (κ2) is 6.61. The van der Waals surface area contributed by atoms with Crippen molar-refractivity contribution in [3.05, 3.63) is 30.3 Å². The highest BCUT2D eigenvalue weighted by atomic mass is 16.6. The summed E-state index contributed by atoms with van der Waals surface area (Å²) in [6.07, 6.45) is 2.20. The molecule has 21 heavy (non-hydrogen) atoms. The maximum absolute atomic E-state index is 12.2. The zero-order valence-electron chi connectivity index (χ0n) is 12.2. The molecule has 1 N–H and O–H groups in total. The lowest BCUT2D eigenvalue weighted by molar-refractivity contribution is -0.152. The van der Waals surface area contributed by atoms with Crippen molar-refractivity contribution in [2.75, 3.05) is 13.1 Å². The summed E-state index contributed by atoms with van der Waals surface area (Å²) < 4.78 is 5.30. The van der Waals surface area contributed by atoms with E-state index in [9.17, 15) is 14.7 Å². The van der Waals surface area contributed by atoms with E-state index in [1.54, 1.807) is 24.3 Å². The molecule has 1 aromatic rings. The van der Waals surface area contributed by atoms with E-state index in [0.717, 1.165) is 6.42 Å². The number of piperidine rings is 1. The smallest absolute Gasteiger partial charge is 0.415 e. The first kappa shape index (κ1) is 15.4. The lowest BCUT2D eigenvalue weighted by Crippen LogP contribution is -2.50. The van der Waals surface area contributed by atoms with E-state index in [0.29, 0.717) is 31.6 Å². The Balaban J connectivity index is 2.06. The molecular weight excluding hydrogens is 270 g/mol. The van der Waals surface area contributed by atoms with E-state index in [-0.39, 0.29) is 6.54 Å². The van der Waals surface area contributed by atoms with Gasteiger partial charge in [0.05, 0.1) is 5.41 Å². The number of carbonyl (C=O) groups is 2. The molecule has 1 unspecified atom stereocenters. The lowest BCUT2D eigenvalue weighted by atomic mass is 9.76. The van der Waals surface area contributed by atoms with Crippen molar-refractivity contribution in [1.82, 2.24) is 4.90 Å². The van der Waals surface area contributed by atoms with Gasteiger partial charge >= 0.3 is 12.1 Å². The van der Waals surface area contributed by atoms with Crippen LogP contribution in [0.4, 0.5) is 4.79 Å². The summed E-state index contributed by atoms with van der Waals surface area (Å²) in [5.74, 6) is -0.342. The monoisotopic (exact) mass is 291 g/mol. The largest absolute Gasteiger partial charge is 0.481 e. The molecule has 1 aliphatic heterocycles. The molecular formula is C16H21NO4. The fraction of sp³-hybridized carbons (Fsp3) is 0.500. The molecule has 0 aliphatic carbocycles. The van der Waals surface area contributed by atoms with Gasteiger partial charge in [-0.3, -0.25) is 4.79 Å². The van der Waals surface area contributed by atoms with E-state index in [2.05, 4.69) is 0 Å². The van der Waals surface area contributed by atoms with Crippen LogP contribution >= 0.6 is 0 Å². The Morgan fingerprint density at radius 3 is 2.67 bits per heavy atom. The molecule has 0 bridgehead atoms. The van der Waals surface area contributed by atoms with Gasteiger partial charge in [-0.05, 0) is 31.4 Å². The van der Waals surface area contributed by atoms with Crippen LogP contribution in [0.2, 0.25) is 0 Å². The lowest BCUT2D eigenvalue weighted by Gasteiger charge is -2.39. The van der Waals surface area contributed by atoms with E-state index in [1.165, 1.54) is 4.90 Å². The summed E-state index contributed by atoms with van der Waals surface area (Å²) in [4.78, 5) is 25.3. The topological polar surface area (TPSA) is 66.8 Å². The predicted molar refractivity (Wildman–Crippen MR) is 78.2 cm³/mol. The summed E-state index contributed by atoms with van der Waals surface area (Å²) in [6.45, 7) is 2.73. The van der Waals surface area contributed by atoms with Crippen LogP contribution in [-0.2, 0) is 4.79 Å². The fourth-order valence-electron chi connectivity index (χ4n) is 2.91. The van der Waals surface area contributed by atoms with Crippen LogP contribution in [0.1, 0.15) is 32.6 Å². The molecule has 1 heterocycles. The van der Waals surface area contributed by atoms with Gasteiger partial charge in [0.15, 0.2) is 0 Å². The number of benzene rings is 1. The highest BCUT2D eigenvalue weighted by Gasteiger charge is 2.43. The average molecular weight is 291 g/mol. The Morgan fingerprint density at radius 2 is 2.05 bits per heavy atom. The quantitative estimate of drug-likeness (QED) is 0.925. The van der Waals surface area contributed by atoms with Crippen molar-refractivity contribution >= 4 is 12.1 Å². The maximum atomic E-state index is 12.2. The molecule has 1 aromatic carbocycles. The highest BCUT2D eigenvalue weighted by Crippen LogP contribution is 2.35. The molecule has 1 saturated heterocycles. The number of nitrogens with zero attached hydrogens (tertiary/aromatic N) is 1. The summed E-state index contributed by atoms with van der Waals surface area (Å²) in [5, 5.41) is 9.53. The predicted octanol–water partition coefficient (Wildman–Crippen LogP) is 3.15. The Bertz CT molecular complexity index is 498. The van der Waals surface area contributed by atoms with E-state index in [1.807, 2.05) is 13.0 Å². The number of para-hydroxylation sites is 1. The number of aliphatic carboxylic acids is 1. The minimum Gasteiger partial charge on any atom is -0.481 e. The van der Waals surface area contributed by atoms with E-state index >= 15 is 0 Å². The summed E-state index contributed by atoms with van der Waals surface area (Å²) >= 11 is 0. The summed E-state index contributed by atoms with van der Waals surface area (Å²) in [6, 6.07) is 8.83. The standard InChI is InChI=1S/C16H21NO4/c1-2-9-16(14(18)19)10-6-11-17(12-16)15(20)21-13-7-4-3-5-8-13/h3-5,7-8H,2,6,9-12H2,1H3,(H,18,19). The third-order valence-corrected chi connectivity index (χ3v) is 3.97. The maximum Gasteiger partial charge on any atom is 0.415 e. The van der Waals surface area contributed by atoms with Gasteiger partial charge in [0.1, 0.15) is 5.75 Å². The van der Waals surface area contributed by atoms with Crippen LogP contribution in [-0.4, -0.2) is 35.2 Å². The number of ether oxygens (including phenoxy) is 1. The molecule has 5 heteroatoms. The Morgan fingerprint density at radius 1 is 1.33 bits per heavy atom. The zero-order valence-corrected chi connectivity index (χ0v) is 12.2.